The van der Waals surface area contributed by atoms with Crippen LogP contribution in [-0.4, -0.2) is 49.9 Å². The molecule has 5 rings (SSSR count). The van der Waals surface area contributed by atoms with Crippen LogP contribution in [0.3, 0.4) is 0 Å². The van der Waals surface area contributed by atoms with E-state index in [4.69, 9.17) is 21.4 Å². The van der Waals surface area contributed by atoms with E-state index >= 15 is 0 Å². The third-order valence-corrected chi connectivity index (χ3v) is 7.21. The summed E-state index contributed by atoms with van der Waals surface area (Å²) in [6.07, 6.45) is 8.08. The Bertz CT molecular complexity index is 1520. The van der Waals surface area contributed by atoms with Crippen molar-refractivity contribution in [3.8, 4) is 17.1 Å². The number of carbonyl (C=O) groups is 2. The first-order valence-corrected chi connectivity index (χ1v) is 13.0. The van der Waals surface area contributed by atoms with Crippen LogP contribution >= 0.6 is 11.6 Å². The number of hydrogen-bond donors (Lipinski definition) is 2. The van der Waals surface area contributed by atoms with Crippen LogP contribution in [0.4, 0.5) is 4.39 Å². The number of nitrogens with one attached hydrogen (secondary N) is 1. The minimum absolute atomic E-state index is 0.0321. The van der Waals surface area contributed by atoms with Crippen LogP contribution in [0, 0.1) is 11.7 Å². The van der Waals surface area contributed by atoms with Gasteiger partial charge in [0.25, 0.3) is 5.91 Å². The molecule has 0 bridgehead atoms. The van der Waals surface area contributed by atoms with Gasteiger partial charge < -0.3 is 15.2 Å². The summed E-state index contributed by atoms with van der Waals surface area (Å²) in [7, 11) is 1.46. The number of aliphatic carboxylic acids is 1. The van der Waals surface area contributed by atoms with E-state index in [0.29, 0.717) is 39.8 Å². The van der Waals surface area contributed by atoms with Gasteiger partial charge in [-0.3, -0.25) is 14.3 Å². The van der Waals surface area contributed by atoms with Gasteiger partial charge in [0.1, 0.15) is 11.6 Å². The van der Waals surface area contributed by atoms with Crippen molar-refractivity contribution in [1.82, 2.24) is 25.1 Å². The first kappa shape index (κ1) is 26.6. The zero-order valence-electron chi connectivity index (χ0n) is 21.2. The Morgan fingerprint density at radius 2 is 1.85 bits per heavy atom. The summed E-state index contributed by atoms with van der Waals surface area (Å²) in [5, 5.41) is 17.8. The Labute approximate surface area is 229 Å². The highest BCUT2D eigenvalue weighted by Crippen LogP contribution is 2.29. The fourth-order valence-electron chi connectivity index (χ4n) is 5.08. The zero-order chi connectivity index (χ0) is 27.5. The number of benzene rings is 2. The highest BCUT2D eigenvalue weighted by Gasteiger charge is 2.25. The average molecular weight is 552 g/mol. The van der Waals surface area contributed by atoms with Gasteiger partial charge in [0, 0.05) is 52.5 Å². The maximum Gasteiger partial charge on any atom is 0.303 e. The molecule has 2 heterocycles. The number of nitrogens with zero attached hydrogens (tertiary/aromatic N) is 4. The van der Waals surface area contributed by atoms with Crippen LogP contribution < -0.4 is 10.1 Å². The second-order valence-electron chi connectivity index (χ2n) is 9.78. The summed E-state index contributed by atoms with van der Waals surface area (Å²) in [5.74, 6) is -0.613. The third-order valence-electron chi connectivity index (χ3n) is 6.99. The number of amides is 1. The highest BCUT2D eigenvalue weighted by molar-refractivity contribution is 6.32. The first-order valence-electron chi connectivity index (χ1n) is 12.6. The quantitative estimate of drug-likeness (QED) is 0.312. The van der Waals surface area contributed by atoms with Gasteiger partial charge in [0.05, 0.1) is 30.9 Å². The van der Waals surface area contributed by atoms with E-state index < -0.39 is 11.8 Å². The summed E-state index contributed by atoms with van der Waals surface area (Å²) < 4.78 is 20.7. The van der Waals surface area contributed by atoms with Gasteiger partial charge in [-0.1, -0.05) is 11.6 Å². The molecule has 1 aliphatic rings. The molecule has 0 atom stereocenters. The van der Waals surface area contributed by atoms with E-state index in [1.165, 1.54) is 19.2 Å². The predicted molar refractivity (Wildman–Crippen MR) is 143 cm³/mol. The monoisotopic (exact) mass is 551 g/mol. The third kappa shape index (κ3) is 6.17. The Hall–Kier alpha value is -4.05. The van der Waals surface area contributed by atoms with E-state index in [0.717, 1.165) is 36.6 Å². The average Bonchev–Trinajstić information content (AvgIpc) is 3.31. The normalized spacial score (nSPS) is 17.2. The minimum Gasteiger partial charge on any atom is -0.497 e. The number of carboxylic acids is 1. The largest absolute Gasteiger partial charge is 0.497 e. The van der Waals surface area contributed by atoms with Gasteiger partial charge in [-0.05, 0) is 55.9 Å². The van der Waals surface area contributed by atoms with Crippen molar-refractivity contribution < 1.29 is 23.8 Å². The molecule has 39 heavy (non-hydrogen) atoms. The molecule has 9 nitrogen and oxygen atoms in total. The van der Waals surface area contributed by atoms with Gasteiger partial charge in [-0.15, -0.1) is 0 Å². The van der Waals surface area contributed by atoms with E-state index in [9.17, 15) is 14.0 Å². The Morgan fingerprint density at radius 1 is 1.10 bits per heavy atom. The van der Waals surface area contributed by atoms with E-state index in [1.807, 2.05) is 0 Å². The molecule has 1 fully saturated rings. The number of carboxylic acid groups (broad SMARTS) is 1. The van der Waals surface area contributed by atoms with Crippen molar-refractivity contribution >= 4 is 34.4 Å². The van der Waals surface area contributed by atoms with Gasteiger partial charge in [0.2, 0.25) is 0 Å². The number of rotatable bonds is 8. The molecular weight excluding hydrogens is 525 g/mol. The van der Waals surface area contributed by atoms with Crippen LogP contribution in [0.5, 0.6) is 5.75 Å². The van der Waals surface area contributed by atoms with Crippen molar-refractivity contribution in [3.05, 3.63) is 70.9 Å². The Kier molecular flexibility index (Phi) is 7.74. The number of carbonyl (C=O) groups excluding carboxylic acids is 1. The number of ether oxygens (including phenoxy) is 1. The maximum atomic E-state index is 13.9. The van der Waals surface area contributed by atoms with E-state index in [-0.39, 0.29) is 24.3 Å². The molecule has 2 aromatic heterocycles. The van der Waals surface area contributed by atoms with Gasteiger partial charge in [-0.25, -0.2) is 14.4 Å². The van der Waals surface area contributed by atoms with E-state index in [1.54, 1.807) is 41.5 Å². The zero-order valence-corrected chi connectivity index (χ0v) is 22.0. The predicted octanol–water partition coefficient (Wildman–Crippen LogP) is 5.11. The van der Waals surface area contributed by atoms with Crippen molar-refractivity contribution in [2.45, 2.75) is 44.7 Å². The molecule has 1 aliphatic carbocycles. The molecule has 202 valence electrons. The lowest BCUT2D eigenvalue weighted by Crippen LogP contribution is -2.38. The summed E-state index contributed by atoms with van der Waals surface area (Å²) >= 11 is 6.33. The smallest absolute Gasteiger partial charge is 0.303 e. The van der Waals surface area contributed by atoms with Crippen molar-refractivity contribution in [1.29, 1.82) is 0 Å². The summed E-state index contributed by atoms with van der Waals surface area (Å²) in [5.41, 5.74) is 2.28. The SMILES string of the molecule is COc1cc(F)cc(-c2ncc(Cn3ncc4cc(Cl)cc(C(=O)NC5CCC(CC(=O)O)CC5)c43)cn2)c1. The molecule has 1 saturated carbocycles. The molecule has 1 amide bonds. The number of fused-ring (bicyclic) bond motifs is 1. The van der Waals surface area contributed by atoms with Gasteiger partial charge in [-0.2, -0.15) is 5.10 Å². The molecule has 4 aromatic rings. The Morgan fingerprint density at radius 3 is 2.54 bits per heavy atom. The minimum atomic E-state index is -0.786. The number of halogens is 2. The molecule has 0 saturated heterocycles. The fraction of sp³-hybridized carbons (Fsp3) is 0.321. The first-order chi connectivity index (χ1) is 18.8. The van der Waals surface area contributed by atoms with Crippen LogP contribution in [-0.2, 0) is 11.3 Å². The molecule has 11 heteroatoms. The van der Waals surface area contributed by atoms with Crippen molar-refractivity contribution in [3.63, 3.8) is 0 Å². The summed E-state index contributed by atoms with van der Waals surface area (Å²) in [6.45, 7) is 0.304. The van der Waals surface area contributed by atoms with Crippen LogP contribution in [0.25, 0.3) is 22.3 Å². The molecule has 0 radical (unpaired) electrons. The number of aromatic nitrogens is 4. The molecular formula is C28H27ClFN5O4. The Balaban J connectivity index is 1.34. The van der Waals surface area contributed by atoms with Crippen LogP contribution in [0.1, 0.15) is 48.0 Å². The van der Waals surface area contributed by atoms with Crippen LogP contribution in [0.15, 0.2) is 48.9 Å². The van der Waals surface area contributed by atoms with Gasteiger partial charge in [0.15, 0.2) is 5.82 Å². The standard InChI is InChI=1S/C28H27ClFN5O4/c1-39-23-9-18(8-21(30)11-23)27-31-12-17(13-32-27)15-35-26-19(14-33-35)7-20(29)10-24(26)28(38)34-22-4-2-16(3-5-22)6-25(36)37/h7-14,16,22H,2-6,15H2,1H3,(H,34,38)(H,36,37). The van der Waals surface area contributed by atoms with Crippen molar-refractivity contribution in [2.75, 3.05) is 7.11 Å². The molecule has 0 unspecified atom stereocenters. The lowest BCUT2D eigenvalue weighted by atomic mass is 9.84. The topological polar surface area (TPSA) is 119 Å². The summed E-state index contributed by atoms with van der Waals surface area (Å²) in [6, 6.07) is 7.63. The lowest BCUT2D eigenvalue weighted by molar-refractivity contribution is -0.138. The fourth-order valence-corrected chi connectivity index (χ4v) is 5.31. The maximum absolute atomic E-state index is 13.9. The number of methoxy groups -OCH3 is 1. The molecule has 2 aromatic carbocycles. The highest BCUT2D eigenvalue weighted by atomic mass is 35.5. The van der Waals surface area contributed by atoms with Gasteiger partial charge >= 0.3 is 5.97 Å². The molecule has 2 N–H and O–H groups in total. The van der Waals surface area contributed by atoms with Crippen molar-refractivity contribution in [2.24, 2.45) is 5.92 Å². The number of hydrogen-bond acceptors (Lipinski definition) is 6. The van der Waals surface area contributed by atoms with Crippen LogP contribution in [0.2, 0.25) is 5.02 Å². The second kappa shape index (κ2) is 11.4. The van der Waals surface area contributed by atoms with E-state index in [2.05, 4.69) is 20.4 Å². The molecule has 0 aliphatic heterocycles. The second-order valence-corrected chi connectivity index (χ2v) is 10.2. The lowest BCUT2D eigenvalue weighted by Gasteiger charge is -2.28. The summed E-state index contributed by atoms with van der Waals surface area (Å²) in [4.78, 5) is 33.1. The molecule has 0 spiro atoms.